The third-order valence-corrected chi connectivity index (χ3v) is 6.01. The average Bonchev–Trinajstić information content (AvgIpc) is 2.89. The van der Waals surface area contributed by atoms with Crippen LogP contribution in [-0.2, 0) is 16.0 Å². The van der Waals surface area contributed by atoms with Crippen molar-refractivity contribution in [2.24, 2.45) is 0 Å². The quantitative estimate of drug-likeness (QED) is 0.179. The third-order valence-electron chi connectivity index (χ3n) is 6.01. The average molecular weight is 475 g/mol. The summed E-state index contributed by atoms with van der Waals surface area (Å²) in [7, 11) is 0. The molecule has 0 aliphatic carbocycles. The molecule has 0 saturated heterocycles. The lowest BCUT2D eigenvalue weighted by molar-refractivity contribution is -0.151. The van der Waals surface area contributed by atoms with Crippen LogP contribution in [-0.4, -0.2) is 28.6 Å². The van der Waals surface area contributed by atoms with E-state index >= 15 is 0 Å². The second-order valence-corrected chi connectivity index (χ2v) is 8.96. The van der Waals surface area contributed by atoms with Gasteiger partial charge in [-0.05, 0) is 61.6 Å². The Morgan fingerprint density at radius 3 is 2.06 bits per heavy atom. The molecule has 1 heterocycles. The molecule has 1 unspecified atom stereocenters. The molecule has 1 aromatic heterocycles. The Morgan fingerprint density at radius 2 is 1.40 bits per heavy atom. The molecule has 0 aliphatic rings. The molecular weight excluding hydrogens is 436 g/mol. The van der Waals surface area contributed by atoms with E-state index in [1.165, 1.54) is 37.7 Å². The van der Waals surface area contributed by atoms with E-state index in [9.17, 15) is 4.79 Å². The molecule has 5 heteroatoms. The molecule has 35 heavy (non-hydrogen) atoms. The van der Waals surface area contributed by atoms with Gasteiger partial charge in [-0.25, -0.2) is 14.8 Å². The van der Waals surface area contributed by atoms with Crippen molar-refractivity contribution >= 4 is 5.97 Å². The zero-order valence-corrected chi connectivity index (χ0v) is 21.3. The molecule has 3 aromatic rings. The molecule has 186 valence electrons. The smallest absolute Gasteiger partial charge is 0.347 e. The Hall–Kier alpha value is -3.21. The summed E-state index contributed by atoms with van der Waals surface area (Å²) >= 11 is 0. The van der Waals surface area contributed by atoms with E-state index in [-0.39, 0.29) is 5.97 Å². The van der Waals surface area contributed by atoms with Crippen molar-refractivity contribution in [1.82, 2.24) is 9.97 Å². The number of esters is 1. The predicted octanol–water partition coefficient (Wildman–Crippen LogP) is 7.43. The lowest BCUT2D eigenvalue weighted by Gasteiger charge is -2.14. The summed E-state index contributed by atoms with van der Waals surface area (Å²) in [6.07, 6.45) is 12.6. The fourth-order valence-corrected chi connectivity index (χ4v) is 3.79. The Kier molecular flexibility index (Phi) is 10.7. The number of benzene rings is 2. The zero-order valence-electron chi connectivity index (χ0n) is 21.3. The summed E-state index contributed by atoms with van der Waals surface area (Å²) in [4.78, 5) is 21.1. The maximum atomic E-state index is 12.0. The van der Waals surface area contributed by atoms with Crippen LogP contribution < -0.4 is 4.74 Å². The van der Waals surface area contributed by atoms with Crippen LogP contribution in [0.4, 0.5) is 0 Å². The summed E-state index contributed by atoms with van der Waals surface area (Å²) in [5.41, 5.74) is 4.39. The van der Waals surface area contributed by atoms with Crippen molar-refractivity contribution in [1.29, 1.82) is 0 Å². The molecule has 0 fully saturated rings. The molecule has 0 saturated carbocycles. The van der Waals surface area contributed by atoms with E-state index in [4.69, 9.17) is 9.47 Å². The molecule has 0 radical (unpaired) electrons. The van der Waals surface area contributed by atoms with Crippen LogP contribution in [0.25, 0.3) is 22.5 Å². The van der Waals surface area contributed by atoms with Gasteiger partial charge in [-0.2, -0.15) is 0 Å². The van der Waals surface area contributed by atoms with Crippen molar-refractivity contribution < 1.29 is 14.3 Å². The highest BCUT2D eigenvalue weighted by atomic mass is 16.6. The summed E-state index contributed by atoms with van der Waals surface area (Å²) in [6, 6.07) is 16.2. The monoisotopic (exact) mass is 474 g/mol. The van der Waals surface area contributed by atoms with Crippen molar-refractivity contribution in [3.05, 3.63) is 66.5 Å². The number of rotatable bonds is 14. The van der Waals surface area contributed by atoms with Gasteiger partial charge in [-0.15, -0.1) is 0 Å². The summed E-state index contributed by atoms with van der Waals surface area (Å²) in [5.74, 6) is 0.910. The summed E-state index contributed by atoms with van der Waals surface area (Å²) < 4.78 is 10.9. The fraction of sp³-hybridized carbons (Fsp3) is 0.433. The highest BCUT2D eigenvalue weighted by Crippen LogP contribution is 2.23. The Bertz CT molecular complexity index is 1010. The van der Waals surface area contributed by atoms with Gasteiger partial charge in [-0.1, -0.05) is 70.2 Å². The number of unbranched alkanes of at least 4 members (excludes halogenated alkanes) is 5. The molecule has 0 spiro atoms. The number of nitrogens with zero attached hydrogens (tertiary/aromatic N) is 2. The van der Waals surface area contributed by atoms with Crippen LogP contribution in [0.5, 0.6) is 5.75 Å². The van der Waals surface area contributed by atoms with Crippen molar-refractivity contribution in [2.75, 3.05) is 6.61 Å². The maximum absolute atomic E-state index is 12.0. The summed E-state index contributed by atoms with van der Waals surface area (Å²) in [5, 5.41) is 0. The SMILES string of the molecule is CCCCCCCc1ccc(-c2cnc(-c3ccc(OC(C)C(=O)OCCCC)cc3)nc2)cc1. The maximum Gasteiger partial charge on any atom is 0.347 e. The van der Waals surface area contributed by atoms with Gasteiger partial charge < -0.3 is 9.47 Å². The van der Waals surface area contributed by atoms with Gasteiger partial charge in [0.05, 0.1) is 6.61 Å². The first-order valence-electron chi connectivity index (χ1n) is 13.0. The lowest BCUT2D eigenvalue weighted by atomic mass is 10.0. The van der Waals surface area contributed by atoms with Gasteiger partial charge in [0.2, 0.25) is 0 Å². The molecule has 2 aromatic carbocycles. The van der Waals surface area contributed by atoms with Gasteiger partial charge in [0.15, 0.2) is 11.9 Å². The van der Waals surface area contributed by atoms with Crippen molar-refractivity contribution in [2.45, 2.75) is 78.2 Å². The second-order valence-electron chi connectivity index (χ2n) is 8.96. The minimum Gasteiger partial charge on any atom is -0.479 e. The van der Waals surface area contributed by atoms with E-state index in [0.717, 1.165) is 36.0 Å². The number of aromatic nitrogens is 2. The van der Waals surface area contributed by atoms with Gasteiger partial charge in [0.1, 0.15) is 5.75 Å². The molecule has 1 atom stereocenters. The number of carbonyl (C=O) groups excluding carboxylic acids is 1. The number of aryl methyl sites for hydroxylation is 1. The topological polar surface area (TPSA) is 61.3 Å². The molecule has 5 nitrogen and oxygen atoms in total. The Balaban J connectivity index is 1.53. The van der Waals surface area contributed by atoms with Crippen LogP contribution in [0.1, 0.15) is 71.3 Å². The van der Waals surface area contributed by atoms with Gasteiger partial charge in [0.25, 0.3) is 0 Å². The number of carbonyl (C=O) groups is 1. The first-order chi connectivity index (χ1) is 17.1. The highest BCUT2D eigenvalue weighted by molar-refractivity contribution is 5.74. The molecule has 0 amide bonds. The number of hydrogen-bond acceptors (Lipinski definition) is 5. The van der Waals surface area contributed by atoms with Gasteiger partial charge in [-0.3, -0.25) is 0 Å². The zero-order chi connectivity index (χ0) is 24.9. The van der Waals surface area contributed by atoms with Crippen molar-refractivity contribution in [3.63, 3.8) is 0 Å². The van der Waals surface area contributed by atoms with Crippen LogP contribution in [0.3, 0.4) is 0 Å². The number of ether oxygens (including phenoxy) is 2. The van der Waals surface area contributed by atoms with E-state index in [1.807, 2.05) is 36.7 Å². The first-order valence-corrected chi connectivity index (χ1v) is 13.0. The van der Waals surface area contributed by atoms with Gasteiger partial charge in [0, 0.05) is 23.5 Å². The van der Waals surface area contributed by atoms with E-state index in [0.29, 0.717) is 18.2 Å². The fourth-order valence-electron chi connectivity index (χ4n) is 3.79. The molecule has 0 bridgehead atoms. The number of hydrogen-bond donors (Lipinski definition) is 0. The van der Waals surface area contributed by atoms with E-state index in [2.05, 4.69) is 48.1 Å². The van der Waals surface area contributed by atoms with Crippen LogP contribution in [0, 0.1) is 0 Å². The molecule has 3 rings (SSSR count). The molecule has 0 N–H and O–H groups in total. The summed E-state index contributed by atoms with van der Waals surface area (Å²) in [6.45, 7) is 6.43. The normalized spacial score (nSPS) is 11.7. The largest absolute Gasteiger partial charge is 0.479 e. The standard InChI is InChI=1S/C30H38N2O3/c1-4-6-8-9-10-11-24-12-14-25(15-13-24)27-21-31-29(32-22-27)26-16-18-28(19-17-26)35-23(3)30(33)34-20-7-5-2/h12-19,21-23H,4-11,20H2,1-3H3. The van der Waals surface area contributed by atoms with E-state index in [1.54, 1.807) is 6.92 Å². The van der Waals surface area contributed by atoms with E-state index < -0.39 is 6.10 Å². The second kappa shape index (κ2) is 14.2. The molecular formula is C30H38N2O3. The van der Waals surface area contributed by atoms with Crippen LogP contribution in [0.2, 0.25) is 0 Å². The van der Waals surface area contributed by atoms with Gasteiger partial charge >= 0.3 is 5.97 Å². The predicted molar refractivity (Wildman–Crippen MR) is 141 cm³/mol. The Morgan fingerprint density at radius 1 is 0.771 bits per heavy atom. The first kappa shape index (κ1) is 26.4. The van der Waals surface area contributed by atoms with Crippen molar-refractivity contribution in [3.8, 4) is 28.3 Å². The lowest BCUT2D eigenvalue weighted by Crippen LogP contribution is -2.26. The minimum atomic E-state index is -0.652. The molecule has 0 aliphatic heterocycles. The minimum absolute atomic E-state index is 0.346. The third kappa shape index (κ3) is 8.50. The Labute approximate surface area is 209 Å². The van der Waals surface area contributed by atoms with Crippen LogP contribution in [0.15, 0.2) is 60.9 Å². The van der Waals surface area contributed by atoms with Crippen LogP contribution >= 0.6 is 0 Å². The highest BCUT2D eigenvalue weighted by Gasteiger charge is 2.16.